The number of rotatable bonds is 4. The van der Waals surface area contributed by atoms with Gasteiger partial charge >= 0.3 is 0 Å². The predicted molar refractivity (Wildman–Crippen MR) is 41.5 cm³/mol. The van der Waals surface area contributed by atoms with Gasteiger partial charge in [-0.2, -0.15) is 0 Å². The fourth-order valence-electron chi connectivity index (χ4n) is 0.401. The van der Waals surface area contributed by atoms with Crippen molar-refractivity contribution in [3.05, 3.63) is 11.7 Å². The Morgan fingerprint density at radius 2 is 2.33 bits per heavy atom. The first-order chi connectivity index (χ1) is 4.18. The standard InChI is InChI=1S/C6H13ClN2/c1-6(7)9(3)5-4-8-2/h8H,1,4-5H2,2-3H3. The van der Waals surface area contributed by atoms with Crippen LogP contribution in [-0.4, -0.2) is 32.1 Å². The summed E-state index contributed by atoms with van der Waals surface area (Å²) in [6, 6.07) is 0. The first-order valence-corrected chi connectivity index (χ1v) is 3.26. The van der Waals surface area contributed by atoms with Crippen molar-refractivity contribution in [1.82, 2.24) is 10.2 Å². The molecule has 0 fully saturated rings. The van der Waals surface area contributed by atoms with Gasteiger partial charge in [-0.25, -0.2) is 0 Å². The van der Waals surface area contributed by atoms with Crippen molar-refractivity contribution in [2.24, 2.45) is 0 Å². The monoisotopic (exact) mass is 148 g/mol. The van der Waals surface area contributed by atoms with Crippen LogP contribution in [0.2, 0.25) is 0 Å². The largest absolute Gasteiger partial charge is 0.365 e. The molecule has 0 aromatic carbocycles. The van der Waals surface area contributed by atoms with Gasteiger partial charge in [0.05, 0.1) is 5.16 Å². The Balaban J connectivity index is 3.27. The summed E-state index contributed by atoms with van der Waals surface area (Å²) < 4.78 is 0. The number of nitrogens with one attached hydrogen (secondary N) is 1. The van der Waals surface area contributed by atoms with E-state index in [1.807, 2.05) is 19.0 Å². The highest BCUT2D eigenvalue weighted by atomic mass is 35.5. The normalized spacial score (nSPS) is 9.22. The van der Waals surface area contributed by atoms with Crippen LogP contribution in [0.1, 0.15) is 0 Å². The molecule has 54 valence electrons. The zero-order chi connectivity index (χ0) is 7.28. The fourth-order valence-corrected chi connectivity index (χ4v) is 0.485. The molecule has 0 heterocycles. The zero-order valence-electron chi connectivity index (χ0n) is 5.95. The topological polar surface area (TPSA) is 15.3 Å². The maximum Gasteiger partial charge on any atom is 0.0968 e. The van der Waals surface area contributed by atoms with Crippen molar-refractivity contribution in [1.29, 1.82) is 0 Å². The van der Waals surface area contributed by atoms with E-state index in [9.17, 15) is 0 Å². The van der Waals surface area contributed by atoms with Crippen LogP contribution in [0.4, 0.5) is 0 Å². The van der Waals surface area contributed by atoms with Crippen LogP contribution in [0.3, 0.4) is 0 Å². The molecule has 1 N–H and O–H groups in total. The number of nitrogens with zero attached hydrogens (tertiary/aromatic N) is 1. The van der Waals surface area contributed by atoms with Crippen LogP contribution in [-0.2, 0) is 0 Å². The molecule has 9 heavy (non-hydrogen) atoms. The van der Waals surface area contributed by atoms with E-state index in [1.165, 1.54) is 0 Å². The summed E-state index contributed by atoms with van der Waals surface area (Å²) in [5.74, 6) is 0. The summed E-state index contributed by atoms with van der Waals surface area (Å²) >= 11 is 5.57. The Bertz CT molecular complexity index is 93.1. The molecule has 0 rings (SSSR count). The first kappa shape index (κ1) is 8.79. The minimum absolute atomic E-state index is 0.588. The van der Waals surface area contributed by atoms with Crippen LogP contribution in [0.5, 0.6) is 0 Å². The fraction of sp³-hybridized carbons (Fsp3) is 0.667. The lowest BCUT2D eigenvalue weighted by molar-refractivity contribution is 0.441. The smallest absolute Gasteiger partial charge is 0.0968 e. The van der Waals surface area contributed by atoms with E-state index in [4.69, 9.17) is 11.6 Å². The van der Waals surface area contributed by atoms with Gasteiger partial charge < -0.3 is 10.2 Å². The molecule has 2 nitrogen and oxygen atoms in total. The summed E-state index contributed by atoms with van der Waals surface area (Å²) in [6.07, 6.45) is 0. The van der Waals surface area contributed by atoms with Gasteiger partial charge in [0.1, 0.15) is 0 Å². The number of hydrogen-bond donors (Lipinski definition) is 1. The van der Waals surface area contributed by atoms with E-state index in [-0.39, 0.29) is 0 Å². The van der Waals surface area contributed by atoms with Gasteiger partial charge in [0, 0.05) is 20.1 Å². The van der Waals surface area contributed by atoms with Gasteiger partial charge in [0.2, 0.25) is 0 Å². The number of hydrogen-bond acceptors (Lipinski definition) is 2. The van der Waals surface area contributed by atoms with Crippen molar-refractivity contribution in [2.75, 3.05) is 27.2 Å². The SMILES string of the molecule is C=C(Cl)N(C)CCNC. The third-order valence-corrected chi connectivity index (χ3v) is 1.40. The molecule has 0 aliphatic rings. The van der Waals surface area contributed by atoms with Gasteiger partial charge in [-0.1, -0.05) is 18.2 Å². The summed E-state index contributed by atoms with van der Waals surface area (Å²) in [5.41, 5.74) is 0. The average molecular weight is 149 g/mol. The molecule has 0 saturated heterocycles. The zero-order valence-corrected chi connectivity index (χ0v) is 6.70. The maximum atomic E-state index is 5.57. The molecule has 0 radical (unpaired) electrons. The summed E-state index contributed by atoms with van der Waals surface area (Å²) in [5, 5.41) is 3.60. The Kier molecular flexibility index (Phi) is 4.54. The quantitative estimate of drug-likeness (QED) is 0.595. The van der Waals surface area contributed by atoms with Gasteiger partial charge in [-0.05, 0) is 7.05 Å². The third kappa shape index (κ3) is 4.30. The second kappa shape index (κ2) is 4.65. The Morgan fingerprint density at radius 1 is 1.78 bits per heavy atom. The van der Waals surface area contributed by atoms with Crippen molar-refractivity contribution in [3.8, 4) is 0 Å². The highest BCUT2D eigenvalue weighted by Crippen LogP contribution is 2.00. The molecule has 0 aliphatic heterocycles. The minimum atomic E-state index is 0.588. The van der Waals surface area contributed by atoms with Crippen LogP contribution < -0.4 is 5.32 Å². The Labute approximate surface area is 61.5 Å². The molecule has 0 amide bonds. The third-order valence-electron chi connectivity index (χ3n) is 1.11. The van der Waals surface area contributed by atoms with Crippen LogP contribution in [0.25, 0.3) is 0 Å². The van der Waals surface area contributed by atoms with E-state index in [2.05, 4.69) is 11.9 Å². The van der Waals surface area contributed by atoms with Crippen molar-refractivity contribution < 1.29 is 0 Å². The minimum Gasteiger partial charge on any atom is -0.365 e. The molecular formula is C6H13ClN2. The van der Waals surface area contributed by atoms with E-state index in [1.54, 1.807) is 0 Å². The highest BCUT2D eigenvalue weighted by molar-refractivity contribution is 6.28. The van der Waals surface area contributed by atoms with Crippen LogP contribution in [0, 0.1) is 0 Å². The molecular weight excluding hydrogens is 136 g/mol. The summed E-state index contributed by atoms with van der Waals surface area (Å²) in [4.78, 5) is 1.89. The number of halogens is 1. The molecule has 3 heteroatoms. The molecule has 0 atom stereocenters. The van der Waals surface area contributed by atoms with E-state index < -0.39 is 0 Å². The van der Waals surface area contributed by atoms with E-state index in [0.717, 1.165) is 13.1 Å². The molecule has 0 aliphatic carbocycles. The molecule has 0 aromatic rings. The Hall–Kier alpha value is -0.210. The van der Waals surface area contributed by atoms with Crippen molar-refractivity contribution in [3.63, 3.8) is 0 Å². The van der Waals surface area contributed by atoms with Gasteiger partial charge in [0.25, 0.3) is 0 Å². The molecule has 0 unspecified atom stereocenters. The lowest BCUT2D eigenvalue weighted by Gasteiger charge is -2.15. The lowest BCUT2D eigenvalue weighted by Crippen LogP contribution is -2.24. The second-order valence-corrected chi connectivity index (χ2v) is 2.34. The maximum absolute atomic E-state index is 5.57. The summed E-state index contributed by atoms with van der Waals surface area (Å²) in [6.45, 7) is 5.41. The van der Waals surface area contributed by atoms with Gasteiger partial charge in [-0.3, -0.25) is 0 Å². The number of likely N-dealkylation sites (N-methyl/N-ethyl adjacent to an activating group) is 2. The van der Waals surface area contributed by atoms with Gasteiger partial charge in [0.15, 0.2) is 0 Å². The Morgan fingerprint density at radius 3 is 2.67 bits per heavy atom. The predicted octanol–water partition coefficient (Wildman–Crippen LogP) is 0.848. The molecule has 0 saturated carbocycles. The van der Waals surface area contributed by atoms with Crippen molar-refractivity contribution >= 4 is 11.6 Å². The van der Waals surface area contributed by atoms with Crippen molar-refractivity contribution in [2.45, 2.75) is 0 Å². The molecule has 0 bridgehead atoms. The van der Waals surface area contributed by atoms with Gasteiger partial charge in [-0.15, -0.1) is 0 Å². The summed E-state index contributed by atoms with van der Waals surface area (Å²) in [7, 11) is 3.82. The van der Waals surface area contributed by atoms with E-state index in [0.29, 0.717) is 5.16 Å². The highest BCUT2D eigenvalue weighted by Gasteiger charge is 1.94. The van der Waals surface area contributed by atoms with Crippen LogP contribution in [0.15, 0.2) is 11.7 Å². The lowest BCUT2D eigenvalue weighted by atomic mass is 10.6. The first-order valence-electron chi connectivity index (χ1n) is 2.88. The second-order valence-electron chi connectivity index (χ2n) is 1.90. The van der Waals surface area contributed by atoms with Crippen LogP contribution >= 0.6 is 11.6 Å². The van der Waals surface area contributed by atoms with E-state index >= 15 is 0 Å². The average Bonchev–Trinajstić information content (AvgIpc) is 1.82. The molecule has 0 aromatic heterocycles. The molecule has 0 spiro atoms.